The maximum Gasteiger partial charge on any atom is 0.303 e. The third-order valence-corrected chi connectivity index (χ3v) is 6.15. The minimum atomic E-state index is -0.894. The lowest BCUT2D eigenvalue weighted by atomic mass is 10.3. The molecule has 0 aliphatic carbocycles. The largest absolute Gasteiger partial charge is 0.481 e. The van der Waals surface area contributed by atoms with Crippen LogP contribution in [0.3, 0.4) is 0 Å². The highest BCUT2D eigenvalue weighted by atomic mass is 16.4. The van der Waals surface area contributed by atoms with Gasteiger partial charge in [0.2, 0.25) is 17.7 Å². The molecule has 188 valence electrons. The molecule has 2 aliphatic rings. The van der Waals surface area contributed by atoms with E-state index in [9.17, 15) is 19.2 Å². The molecule has 0 aromatic carbocycles. The molecular weight excluding hydrogens is 442 g/mol. The Kier molecular flexibility index (Phi) is 12.1. The minimum Gasteiger partial charge on any atom is -0.481 e. The number of likely N-dealkylation sites (tertiary alicyclic amines) is 1. The van der Waals surface area contributed by atoms with Gasteiger partial charge in [0.1, 0.15) is 0 Å². The van der Waals surface area contributed by atoms with E-state index in [2.05, 4.69) is 37.7 Å². The average Bonchev–Trinajstić information content (AvgIpc) is 3.19. The molecule has 2 rings (SSSR count). The fraction of sp³-hybridized carbons (Fsp3) is 0.818. The number of nitrogens with one attached hydrogen (secondary N) is 3. The quantitative estimate of drug-likeness (QED) is 0.136. The van der Waals surface area contributed by atoms with Gasteiger partial charge in [-0.25, -0.2) is 0 Å². The minimum absolute atomic E-state index is 0.0113. The first-order valence-corrected chi connectivity index (χ1v) is 12.0. The highest BCUT2D eigenvalue weighted by Gasteiger charge is 2.28. The van der Waals surface area contributed by atoms with Crippen molar-refractivity contribution in [2.24, 2.45) is 0 Å². The molecule has 0 bridgehead atoms. The Morgan fingerprint density at radius 2 is 1.42 bits per heavy atom. The summed E-state index contributed by atoms with van der Waals surface area (Å²) in [5.74, 6) is -1.41. The number of likely N-dealkylation sites (N-methyl/N-ethyl adjacent to an activating group) is 1. The van der Waals surface area contributed by atoms with Crippen molar-refractivity contribution in [3.63, 3.8) is 0 Å². The molecule has 2 heterocycles. The fourth-order valence-corrected chi connectivity index (χ4v) is 4.15. The van der Waals surface area contributed by atoms with Crippen molar-refractivity contribution in [3.05, 3.63) is 0 Å². The van der Waals surface area contributed by atoms with Gasteiger partial charge in [0.05, 0.1) is 6.54 Å². The zero-order valence-electron chi connectivity index (χ0n) is 19.8. The van der Waals surface area contributed by atoms with Crippen molar-refractivity contribution >= 4 is 23.7 Å². The zero-order chi connectivity index (χ0) is 24.1. The SMILES string of the molecule is [13CH3][15N]1CC[15N]([13CH2]C2CCC[15N]2CC(=O)N[13CH2][13CH2][13C](=O)N[13CH2][13CH2][13C](=O)NCC[13CH2]C(=O)O)[13CH2][13CH2]1. The van der Waals surface area contributed by atoms with E-state index in [1.165, 1.54) is 0 Å². The molecule has 2 fully saturated rings. The summed E-state index contributed by atoms with van der Waals surface area (Å²) in [4.78, 5) is 53.4. The lowest BCUT2D eigenvalue weighted by Gasteiger charge is -2.36. The van der Waals surface area contributed by atoms with Gasteiger partial charge >= 0.3 is 5.97 Å². The van der Waals surface area contributed by atoms with Gasteiger partial charge in [-0.1, -0.05) is 0 Å². The van der Waals surface area contributed by atoms with Crippen molar-refractivity contribution in [2.45, 2.75) is 44.6 Å². The van der Waals surface area contributed by atoms with Crippen LogP contribution in [0.25, 0.3) is 0 Å². The number of piperazine rings is 1. The van der Waals surface area contributed by atoms with Gasteiger partial charge in [-0.05, 0) is 32.9 Å². The highest BCUT2D eigenvalue weighted by molar-refractivity contribution is 5.81. The first kappa shape index (κ1) is 27.0. The van der Waals surface area contributed by atoms with Crippen molar-refractivity contribution in [1.82, 2.24) is 30.7 Å². The fourth-order valence-electron chi connectivity index (χ4n) is 4.15. The van der Waals surface area contributed by atoms with Crippen molar-refractivity contribution < 1.29 is 24.3 Å². The van der Waals surface area contributed by atoms with Gasteiger partial charge in [-0.2, -0.15) is 0 Å². The predicted molar refractivity (Wildman–Crippen MR) is 124 cm³/mol. The summed E-state index contributed by atoms with van der Waals surface area (Å²) >= 11 is 0. The molecule has 0 spiro atoms. The second-order valence-corrected chi connectivity index (χ2v) is 8.92. The number of amides is 3. The van der Waals surface area contributed by atoms with Crippen LogP contribution in [0.5, 0.6) is 0 Å². The second kappa shape index (κ2) is 14.8. The summed E-state index contributed by atoms with van der Waals surface area (Å²) in [5, 5.41) is 16.6. The molecule has 11 nitrogen and oxygen atoms in total. The smallest absolute Gasteiger partial charge is 0.303 e. The highest BCUT2D eigenvalue weighted by Crippen LogP contribution is 2.18. The van der Waals surface area contributed by atoms with Gasteiger partial charge in [-0.15, -0.1) is 0 Å². The maximum atomic E-state index is 12.3. The van der Waals surface area contributed by atoms with E-state index in [1.807, 2.05) is 0 Å². The number of carbonyl (C=O) groups excluding carboxylic acids is 3. The number of carboxylic acids is 1. The molecule has 0 radical (unpaired) electrons. The number of hydrogen-bond acceptors (Lipinski definition) is 7. The summed E-state index contributed by atoms with van der Waals surface area (Å²) in [6, 6.07) is 0.415. The Labute approximate surface area is 196 Å². The van der Waals surface area contributed by atoms with Gasteiger partial charge in [0.25, 0.3) is 0 Å². The Morgan fingerprint density at radius 1 is 0.818 bits per heavy atom. The van der Waals surface area contributed by atoms with Crippen LogP contribution in [-0.4, -0.2) is 122 Å². The van der Waals surface area contributed by atoms with Crippen LogP contribution in [0, 0.1) is 0 Å². The Balaban J connectivity index is 1.52. The van der Waals surface area contributed by atoms with Crippen LogP contribution >= 0.6 is 0 Å². The van der Waals surface area contributed by atoms with Gasteiger partial charge in [0.15, 0.2) is 0 Å². The van der Waals surface area contributed by atoms with Crippen molar-refractivity contribution in [1.29, 1.82) is 0 Å². The maximum absolute atomic E-state index is 12.3. The summed E-state index contributed by atoms with van der Waals surface area (Å²) in [5.41, 5.74) is 0. The average molecular weight is 482 g/mol. The number of nitrogens with zero attached hydrogens (tertiary/aromatic N) is 3. The van der Waals surface area contributed by atoms with Gasteiger partial charge < -0.3 is 26.0 Å². The van der Waals surface area contributed by atoms with Crippen LogP contribution in [-0.2, 0) is 19.2 Å². The lowest BCUT2D eigenvalue weighted by molar-refractivity contribution is -0.137. The third kappa shape index (κ3) is 11.4. The molecule has 2 saturated heterocycles. The van der Waals surface area contributed by atoms with Crippen LogP contribution in [0.15, 0.2) is 0 Å². The van der Waals surface area contributed by atoms with Gasteiger partial charge in [0, 0.05) is 77.7 Å². The number of carbonyl (C=O) groups is 4. The number of hydrogen-bond donors (Lipinski definition) is 4. The van der Waals surface area contributed by atoms with E-state index < -0.39 is 5.97 Å². The summed E-state index contributed by atoms with van der Waals surface area (Å²) in [6.45, 7) is 7.42. The van der Waals surface area contributed by atoms with E-state index in [-0.39, 0.29) is 50.1 Å². The van der Waals surface area contributed by atoms with Crippen LogP contribution < -0.4 is 16.0 Å². The first-order valence-electron chi connectivity index (χ1n) is 12.0. The standard InChI is InChI=1S/C22H40N6O5/c1-26-12-14-27(15-13-26)16-18-4-3-11-28(18)17-21(31)25-10-7-20(30)24-9-6-19(29)23-8-2-5-22(32)33/h18H,2-17H2,1H3,(H,23,29)(H,24,30)(H,25,31)(H,32,33)/i1+1,5+1,6+1,7+1,9+1,10+1,12+1,14+1,16+1,19+1,20+1,26+1,27+1,28+1. The van der Waals surface area contributed by atoms with Gasteiger partial charge in [-0.3, -0.25) is 29.0 Å². The van der Waals surface area contributed by atoms with E-state index in [0.29, 0.717) is 25.6 Å². The molecule has 4 N–H and O–H groups in total. The monoisotopic (exact) mass is 482 g/mol. The zero-order valence-corrected chi connectivity index (χ0v) is 19.8. The van der Waals surface area contributed by atoms with Crippen molar-refractivity contribution in [3.8, 4) is 0 Å². The molecular formula is C22H40N6O5. The molecule has 1 atom stereocenters. The summed E-state index contributed by atoms with van der Waals surface area (Å²) < 4.78 is 0. The summed E-state index contributed by atoms with van der Waals surface area (Å²) in [6.07, 6.45) is 2.92. The lowest BCUT2D eigenvalue weighted by Crippen LogP contribution is -2.50. The summed E-state index contributed by atoms with van der Waals surface area (Å²) in [7, 11) is 2.15. The van der Waals surface area contributed by atoms with E-state index in [4.69, 9.17) is 5.11 Å². The molecule has 1 unspecified atom stereocenters. The number of aliphatic carboxylic acids is 1. The van der Waals surface area contributed by atoms with Crippen LogP contribution in [0.4, 0.5) is 0 Å². The predicted octanol–water partition coefficient (Wildman–Crippen LogP) is -1.31. The van der Waals surface area contributed by atoms with Crippen molar-refractivity contribution in [2.75, 3.05) is 72.5 Å². The van der Waals surface area contributed by atoms with E-state index in [1.54, 1.807) is 0 Å². The second-order valence-electron chi connectivity index (χ2n) is 8.92. The molecule has 0 saturated carbocycles. The molecule has 33 heavy (non-hydrogen) atoms. The van der Waals surface area contributed by atoms with Crippen LogP contribution in [0.2, 0.25) is 0 Å². The first-order chi connectivity index (χ1) is 15.8. The number of rotatable bonds is 14. The Morgan fingerprint density at radius 3 is 2.06 bits per heavy atom. The molecule has 11 heteroatoms. The molecule has 3 amide bonds. The molecule has 2 aliphatic heterocycles. The topological polar surface area (TPSA) is 134 Å². The molecule has 0 aromatic rings. The normalized spacial score (nSPS) is 19.8. The Bertz CT molecular complexity index is 653. The number of carboxylic acid groups (broad SMARTS) is 1. The van der Waals surface area contributed by atoms with E-state index in [0.717, 1.165) is 52.1 Å². The van der Waals surface area contributed by atoms with Crippen LogP contribution in [0.1, 0.15) is 38.5 Å². The molecule has 0 aromatic heterocycles. The van der Waals surface area contributed by atoms with E-state index >= 15 is 0 Å². The Hall–Kier alpha value is -2.24. The third-order valence-electron chi connectivity index (χ3n) is 6.15.